The van der Waals surface area contributed by atoms with Crippen LogP contribution >= 0.6 is 0 Å². The van der Waals surface area contributed by atoms with E-state index in [2.05, 4.69) is 24.4 Å². The van der Waals surface area contributed by atoms with Crippen molar-refractivity contribution in [1.82, 2.24) is 5.32 Å². The normalized spacial score (nSPS) is 10.4. The number of ether oxygens (including phenoxy) is 1. The van der Waals surface area contributed by atoms with Crippen molar-refractivity contribution in [2.24, 2.45) is 0 Å². The van der Waals surface area contributed by atoms with Gasteiger partial charge in [0.15, 0.2) is 0 Å². The summed E-state index contributed by atoms with van der Waals surface area (Å²) in [5.41, 5.74) is 2.49. The molecule has 2 N–H and O–H groups in total. The number of benzene rings is 1. The number of methoxy groups -OCH3 is 1. The van der Waals surface area contributed by atoms with Crippen LogP contribution in [0.15, 0.2) is 18.2 Å². The maximum Gasteiger partial charge on any atom is 0.122 e. The average molecular weight is 223 g/mol. The van der Waals surface area contributed by atoms with Gasteiger partial charge in [-0.15, -0.1) is 0 Å². The van der Waals surface area contributed by atoms with E-state index in [9.17, 15) is 0 Å². The highest BCUT2D eigenvalue weighted by Gasteiger charge is 2.02. The predicted molar refractivity (Wildman–Crippen MR) is 66.0 cm³/mol. The number of aliphatic hydroxyl groups excluding tert-OH is 1. The second kappa shape index (κ2) is 7.25. The van der Waals surface area contributed by atoms with E-state index in [1.54, 1.807) is 7.11 Å². The Morgan fingerprint density at radius 2 is 2.12 bits per heavy atom. The molecule has 0 aliphatic heterocycles. The van der Waals surface area contributed by atoms with Gasteiger partial charge in [0.25, 0.3) is 0 Å². The minimum atomic E-state index is 0.251. The molecule has 90 valence electrons. The standard InChI is InChI=1S/C13H21NO2/c1-11-4-5-13(16-2)12(10-11)6-8-14-7-3-9-15/h4-5,10,14-15H,3,6-9H2,1-2H3. The molecule has 3 heteroatoms. The lowest BCUT2D eigenvalue weighted by atomic mass is 10.1. The lowest BCUT2D eigenvalue weighted by molar-refractivity contribution is 0.286. The van der Waals surface area contributed by atoms with Gasteiger partial charge in [-0.05, 0) is 44.5 Å². The number of hydrogen-bond acceptors (Lipinski definition) is 3. The Morgan fingerprint density at radius 1 is 1.31 bits per heavy atom. The molecule has 0 aliphatic rings. The molecule has 0 aliphatic carbocycles. The van der Waals surface area contributed by atoms with Gasteiger partial charge in [-0.2, -0.15) is 0 Å². The van der Waals surface area contributed by atoms with Crippen molar-refractivity contribution in [3.8, 4) is 5.75 Å². The summed E-state index contributed by atoms with van der Waals surface area (Å²) >= 11 is 0. The van der Waals surface area contributed by atoms with Crippen LogP contribution in [0.3, 0.4) is 0 Å². The van der Waals surface area contributed by atoms with E-state index in [0.29, 0.717) is 0 Å². The number of aryl methyl sites for hydroxylation is 1. The fraction of sp³-hybridized carbons (Fsp3) is 0.538. The first-order chi connectivity index (χ1) is 7.77. The molecule has 0 atom stereocenters. The summed E-state index contributed by atoms with van der Waals surface area (Å²) < 4.78 is 5.31. The van der Waals surface area contributed by atoms with E-state index in [1.807, 2.05) is 6.07 Å². The van der Waals surface area contributed by atoms with Gasteiger partial charge in [-0.3, -0.25) is 0 Å². The second-order valence-electron chi connectivity index (χ2n) is 3.89. The molecule has 0 saturated heterocycles. The van der Waals surface area contributed by atoms with E-state index in [4.69, 9.17) is 9.84 Å². The number of rotatable bonds is 7. The van der Waals surface area contributed by atoms with Crippen LogP contribution in [0.2, 0.25) is 0 Å². The summed E-state index contributed by atoms with van der Waals surface area (Å²) in [7, 11) is 1.70. The molecule has 16 heavy (non-hydrogen) atoms. The maximum absolute atomic E-state index is 8.64. The zero-order valence-electron chi connectivity index (χ0n) is 10.1. The van der Waals surface area contributed by atoms with Gasteiger partial charge in [0, 0.05) is 6.61 Å². The van der Waals surface area contributed by atoms with Crippen molar-refractivity contribution >= 4 is 0 Å². The van der Waals surface area contributed by atoms with Crippen LogP contribution in [0, 0.1) is 6.92 Å². The molecule has 0 heterocycles. The molecule has 0 fully saturated rings. The SMILES string of the molecule is COc1ccc(C)cc1CCNCCCO. The molecule has 0 aromatic heterocycles. The van der Waals surface area contributed by atoms with Crippen molar-refractivity contribution < 1.29 is 9.84 Å². The van der Waals surface area contributed by atoms with E-state index < -0.39 is 0 Å². The van der Waals surface area contributed by atoms with Gasteiger partial charge in [0.2, 0.25) is 0 Å². The molecule has 1 rings (SSSR count). The van der Waals surface area contributed by atoms with Crippen LogP contribution in [0.25, 0.3) is 0 Å². The van der Waals surface area contributed by atoms with Gasteiger partial charge in [-0.25, -0.2) is 0 Å². The summed E-state index contributed by atoms with van der Waals surface area (Å²) in [6.07, 6.45) is 1.77. The molecule has 3 nitrogen and oxygen atoms in total. The van der Waals surface area contributed by atoms with Crippen molar-refractivity contribution in [1.29, 1.82) is 0 Å². The third-order valence-electron chi connectivity index (χ3n) is 2.52. The third-order valence-corrected chi connectivity index (χ3v) is 2.52. The van der Waals surface area contributed by atoms with E-state index in [-0.39, 0.29) is 6.61 Å². The van der Waals surface area contributed by atoms with E-state index in [0.717, 1.165) is 31.7 Å². The fourth-order valence-electron chi connectivity index (χ4n) is 1.65. The van der Waals surface area contributed by atoms with Crippen molar-refractivity contribution in [3.63, 3.8) is 0 Å². The summed E-state index contributed by atoms with van der Waals surface area (Å²) in [6.45, 7) is 4.12. The Kier molecular flexibility index (Phi) is 5.90. The number of aliphatic hydroxyl groups is 1. The summed E-state index contributed by atoms with van der Waals surface area (Å²) in [6, 6.07) is 6.23. The smallest absolute Gasteiger partial charge is 0.122 e. The summed E-state index contributed by atoms with van der Waals surface area (Å²) in [5, 5.41) is 11.9. The molecule has 0 amide bonds. The van der Waals surface area contributed by atoms with Crippen molar-refractivity contribution in [2.75, 3.05) is 26.8 Å². The molecule has 0 radical (unpaired) electrons. The van der Waals surface area contributed by atoms with Crippen molar-refractivity contribution in [2.45, 2.75) is 19.8 Å². The monoisotopic (exact) mass is 223 g/mol. The van der Waals surface area contributed by atoms with Crippen LogP contribution in [-0.4, -0.2) is 31.9 Å². The molecule has 0 unspecified atom stereocenters. The Morgan fingerprint density at radius 3 is 2.81 bits per heavy atom. The lowest BCUT2D eigenvalue weighted by Crippen LogP contribution is -2.19. The van der Waals surface area contributed by atoms with Crippen LogP contribution in [0.4, 0.5) is 0 Å². The van der Waals surface area contributed by atoms with E-state index >= 15 is 0 Å². The van der Waals surface area contributed by atoms with Crippen LogP contribution < -0.4 is 10.1 Å². The number of hydrogen-bond donors (Lipinski definition) is 2. The van der Waals surface area contributed by atoms with Gasteiger partial charge in [0.05, 0.1) is 7.11 Å². The Labute approximate surface area is 97.4 Å². The third kappa shape index (κ3) is 4.21. The Bertz CT molecular complexity index is 313. The van der Waals surface area contributed by atoms with Gasteiger partial charge in [0.1, 0.15) is 5.75 Å². The molecular weight excluding hydrogens is 202 g/mol. The van der Waals surface area contributed by atoms with Crippen LogP contribution in [0.1, 0.15) is 17.5 Å². The highest BCUT2D eigenvalue weighted by molar-refractivity contribution is 5.37. The highest BCUT2D eigenvalue weighted by Crippen LogP contribution is 2.19. The topological polar surface area (TPSA) is 41.5 Å². The zero-order chi connectivity index (χ0) is 11.8. The quantitative estimate of drug-likeness (QED) is 0.689. The zero-order valence-corrected chi connectivity index (χ0v) is 10.1. The second-order valence-corrected chi connectivity index (χ2v) is 3.89. The maximum atomic E-state index is 8.64. The van der Waals surface area contributed by atoms with Crippen LogP contribution in [0.5, 0.6) is 5.75 Å². The Hall–Kier alpha value is -1.06. The first kappa shape index (κ1) is 13.0. The molecule has 1 aromatic rings. The molecule has 0 spiro atoms. The summed E-state index contributed by atoms with van der Waals surface area (Å²) in [4.78, 5) is 0. The predicted octanol–water partition coefficient (Wildman–Crippen LogP) is 1.52. The Balaban J connectivity index is 2.42. The van der Waals surface area contributed by atoms with Gasteiger partial charge in [-0.1, -0.05) is 17.7 Å². The number of nitrogens with one attached hydrogen (secondary N) is 1. The largest absolute Gasteiger partial charge is 0.496 e. The minimum absolute atomic E-state index is 0.251. The minimum Gasteiger partial charge on any atom is -0.496 e. The summed E-state index contributed by atoms with van der Waals surface area (Å²) in [5.74, 6) is 0.953. The average Bonchev–Trinajstić information content (AvgIpc) is 2.29. The lowest BCUT2D eigenvalue weighted by Gasteiger charge is -2.10. The first-order valence-corrected chi connectivity index (χ1v) is 5.73. The van der Waals surface area contributed by atoms with Gasteiger partial charge < -0.3 is 15.2 Å². The van der Waals surface area contributed by atoms with Crippen LogP contribution in [-0.2, 0) is 6.42 Å². The van der Waals surface area contributed by atoms with Crippen molar-refractivity contribution in [3.05, 3.63) is 29.3 Å². The molecular formula is C13H21NO2. The first-order valence-electron chi connectivity index (χ1n) is 5.73. The fourth-order valence-corrected chi connectivity index (χ4v) is 1.65. The van der Waals surface area contributed by atoms with Gasteiger partial charge >= 0.3 is 0 Å². The molecule has 0 saturated carbocycles. The molecule has 1 aromatic carbocycles. The highest BCUT2D eigenvalue weighted by atomic mass is 16.5. The molecule has 0 bridgehead atoms. The van der Waals surface area contributed by atoms with E-state index in [1.165, 1.54) is 11.1 Å².